The zero-order valence-electron chi connectivity index (χ0n) is 16.4. The second-order valence-corrected chi connectivity index (χ2v) is 8.88. The fourth-order valence-electron chi connectivity index (χ4n) is 4.40. The molecule has 1 unspecified atom stereocenters. The lowest BCUT2D eigenvalue weighted by Crippen LogP contribution is -2.35. The average Bonchev–Trinajstić information content (AvgIpc) is 3.44. The molecule has 2 aromatic carbocycles. The van der Waals surface area contributed by atoms with E-state index in [1.807, 2.05) is 11.0 Å². The van der Waals surface area contributed by atoms with Gasteiger partial charge in [0.25, 0.3) is 5.91 Å². The molecule has 3 heterocycles. The zero-order chi connectivity index (χ0) is 21.5. The number of halogens is 2. The van der Waals surface area contributed by atoms with Crippen molar-refractivity contribution in [2.75, 3.05) is 26.2 Å². The molecule has 1 N–H and O–H groups in total. The van der Waals surface area contributed by atoms with Gasteiger partial charge in [0, 0.05) is 53.6 Å². The highest BCUT2D eigenvalue weighted by molar-refractivity contribution is 6.34. The first kappa shape index (κ1) is 20.1. The van der Waals surface area contributed by atoms with Crippen molar-refractivity contribution in [1.29, 1.82) is 0 Å². The summed E-state index contributed by atoms with van der Waals surface area (Å²) in [5.41, 5.74) is 2.80. The van der Waals surface area contributed by atoms with Crippen LogP contribution < -0.4 is 0 Å². The lowest BCUT2D eigenvalue weighted by Gasteiger charge is -2.21. The van der Waals surface area contributed by atoms with E-state index in [9.17, 15) is 9.59 Å². The number of ether oxygens (including phenoxy) is 1. The number of likely N-dealkylation sites (tertiary alicyclic amines) is 2. The van der Waals surface area contributed by atoms with Crippen LogP contribution in [-0.2, 0) is 11.3 Å². The fourth-order valence-corrected chi connectivity index (χ4v) is 4.97. The van der Waals surface area contributed by atoms with E-state index in [4.69, 9.17) is 27.9 Å². The molecule has 160 valence electrons. The SMILES string of the molecule is O=C(OCc1cc(Cl)cc(Cl)c1)N1CC2CN(C(=O)c3ccc4[nH]nnc4c3)C[C@H]2C1. The molecule has 0 aliphatic carbocycles. The van der Waals surface area contributed by atoms with Crippen molar-refractivity contribution in [1.82, 2.24) is 25.2 Å². The summed E-state index contributed by atoms with van der Waals surface area (Å²) < 4.78 is 5.44. The van der Waals surface area contributed by atoms with Crippen molar-refractivity contribution in [2.45, 2.75) is 6.61 Å². The quantitative estimate of drug-likeness (QED) is 0.645. The highest BCUT2D eigenvalue weighted by Gasteiger charge is 2.43. The van der Waals surface area contributed by atoms with Gasteiger partial charge in [-0.1, -0.05) is 28.4 Å². The Morgan fingerprint density at radius 1 is 1.00 bits per heavy atom. The first-order chi connectivity index (χ1) is 15.0. The summed E-state index contributed by atoms with van der Waals surface area (Å²) in [5.74, 6) is 0.465. The molecular weight excluding hydrogens is 441 g/mol. The van der Waals surface area contributed by atoms with E-state index < -0.39 is 0 Å². The number of nitrogens with one attached hydrogen (secondary N) is 1. The number of hydrogen-bond acceptors (Lipinski definition) is 5. The molecule has 2 aliphatic rings. The molecule has 2 saturated heterocycles. The van der Waals surface area contributed by atoms with Crippen LogP contribution >= 0.6 is 23.2 Å². The van der Waals surface area contributed by atoms with Gasteiger partial charge >= 0.3 is 6.09 Å². The summed E-state index contributed by atoms with van der Waals surface area (Å²) in [7, 11) is 0. The number of fused-ring (bicyclic) bond motifs is 2. The van der Waals surface area contributed by atoms with E-state index in [-0.39, 0.29) is 30.4 Å². The highest BCUT2D eigenvalue weighted by Crippen LogP contribution is 2.32. The molecule has 2 aliphatic heterocycles. The maximum absolute atomic E-state index is 12.9. The molecule has 0 saturated carbocycles. The maximum atomic E-state index is 12.9. The number of aromatic nitrogens is 3. The number of aromatic amines is 1. The van der Waals surface area contributed by atoms with Crippen molar-refractivity contribution >= 4 is 46.2 Å². The Kier molecular flexibility index (Phi) is 5.19. The van der Waals surface area contributed by atoms with Crippen LogP contribution in [0.25, 0.3) is 11.0 Å². The molecule has 0 bridgehead atoms. The largest absolute Gasteiger partial charge is 0.445 e. The molecule has 2 atom stereocenters. The van der Waals surface area contributed by atoms with Crippen LogP contribution in [0.4, 0.5) is 4.79 Å². The Morgan fingerprint density at radius 3 is 2.39 bits per heavy atom. The van der Waals surface area contributed by atoms with Crippen molar-refractivity contribution in [2.24, 2.45) is 11.8 Å². The minimum atomic E-state index is -0.361. The Morgan fingerprint density at radius 2 is 1.68 bits per heavy atom. The minimum Gasteiger partial charge on any atom is -0.445 e. The van der Waals surface area contributed by atoms with Gasteiger partial charge in [-0.15, -0.1) is 5.10 Å². The number of amides is 2. The molecule has 3 aromatic rings. The number of hydrogen-bond donors (Lipinski definition) is 1. The lowest BCUT2D eigenvalue weighted by atomic mass is 10.0. The second kappa shape index (κ2) is 8.01. The highest BCUT2D eigenvalue weighted by atomic mass is 35.5. The van der Waals surface area contributed by atoms with E-state index in [1.165, 1.54) is 0 Å². The summed E-state index contributed by atoms with van der Waals surface area (Å²) in [4.78, 5) is 29.0. The molecule has 0 spiro atoms. The van der Waals surface area contributed by atoms with Gasteiger partial charge in [0.2, 0.25) is 0 Å². The van der Waals surface area contributed by atoms with Crippen LogP contribution in [0.15, 0.2) is 36.4 Å². The number of nitrogens with zero attached hydrogens (tertiary/aromatic N) is 4. The van der Waals surface area contributed by atoms with Gasteiger partial charge in [-0.25, -0.2) is 4.79 Å². The Hall–Kier alpha value is -2.84. The summed E-state index contributed by atoms with van der Waals surface area (Å²) >= 11 is 12.0. The topological polar surface area (TPSA) is 91.4 Å². The maximum Gasteiger partial charge on any atom is 0.410 e. The molecule has 5 rings (SSSR count). The molecule has 1 aromatic heterocycles. The number of carbonyl (C=O) groups excluding carboxylic acids is 2. The summed E-state index contributed by atoms with van der Waals surface area (Å²) in [6.45, 7) is 2.50. The smallest absolute Gasteiger partial charge is 0.410 e. The van der Waals surface area contributed by atoms with E-state index in [1.54, 1.807) is 35.2 Å². The van der Waals surface area contributed by atoms with Gasteiger partial charge in [-0.2, -0.15) is 0 Å². The second-order valence-electron chi connectivity index (χ2n) is 8.01. The van der Waals surface area contributed by atoms with Gasteiger partial charge in [0.15, 0.2) is 0 Å². The molecule has 8 nitrogen and oxygen atoms in total. The van der Waals surface area contributed by atoms with Crippen molar-refractivity contribution in [3.8, 4) is 0 Å². The predicted octanol–water partition coefficient (Wildman–Crippen LogP) is 3.61. The van der Waals surface area contributed by atoms with Gasteiger partial charge in [-0.3, -0.25) is 9.89 Å². The van der Waals surface area contributed by atoms with Crippen LogP contribution in [0.2, 0.25) is 10.0 Å². The van der Waals surface area contributed by atoms with Crippen LogP contribution in [-0.4, -0.2) is 63.4 Å². The molecule has 0 radical (unpaired) electrons. The van der Waals surface area contributed by atoms with Crippen molar-refractivity contribution in [3.63, 3.8) is 0 Å². The van der Waals surface area contributed by atoms with E-state index in [2.05, 4.69) is 15.4 Å². The van der Waals surface area contributed by atoms with Gasteiger partial charge < -0.3 is 14.5 Å². The Labute approximate surface area is 188 Å². The summed E-state index contributed by atoms with van der Waals surface area (Å²) in [5, 5.41) is 11.5. The van der Waals surface area contributed by atoms with Crippen LogP contribution in [0.1, 0.15) is 15.9 Å². The van der Waals surface area contributed by atoms with Gasteiger partial charge in [-0.05, 0) is 42.0 Å². The third kappa shape index (κ3) is 4.05. The molecule has 2 amide bonds. The standard InChI is InChI=1S/C21H19Cl2N5O3/c22-16-3-12(4-17(23)6-16)11-31-21(30)28-9-14-7-27(8-15(14)10-28)20(29)13-1-2-18-19(5-13)25-26-24-18/h1-6,14-15H,7-11H2,(H,24,25,26)/t14-,15?/m0/s1. The van der Waals surface area contributed by atoms with Gasteiger partial charge in [0.1, 0.15) is 12.1 Å². The number of H-pyrrole nitrogens is 1. The number of carbonyl (C=O) groups is 2. The van der Waals surface area contributed by atoms with Crippen LogP contribution in [0.3, 0.4) is 0 Å². The van der Waals surface area contributed by atoms with Crippen molar-refractivity contribution < 1.29 is 14.3 Å². The Bertz CT molecular complexity index is 1130. The zero-order valence-corrected chi connectivity index (χ0v) is 17.9. The van der Waals surface area contributed by atoms with Crippen molar-refractivity contribution in [3.05, 3.63) is 57.6 Å². The monoisotopic (exact) mass is 459 g/mol. The average molecular weight is 460 g/mol. The van der Waals surface area contributed by atoms with Crippen LogP contribution in [0, 0.1) is 11.8 Å². The van der Waals surface area contributed by atoms with Crippen LogP contribution in [0.5, 0.6) is 0 Å². The minimum absolute atomic E-state index is 0.0220. The number of rotatable bonds is 3. The predicted molar refractivity (Wildman–Crippen MR) is 115 cm³/mol. The molecule has 10 heteroatoms. The first-order valence-corrected chi connectivity index (χ1v) is 10.7. The third-order valence-corrected chi connectivity index (χ3v) is 6.33. The summed E-state index contributed by atoms with van der Waals surface area (Å²) in [6, 6.07) is 10.4. The third-order valence-electron chi connectivity index (χ3n) is 5.89. The van der Waals surface area contributed by atoms with E-state index in [0.29, 0.717) is 47.3 Å². The van der Waals surface area contributed by atoms with E-state index >= 15 is 0 Å². The number of benzene rings is 2. The normalized spacial score (nSPS) is 20.3. The summed E-state index contributed by atoms with van der Waals surface area (Å²) in [6.07, 6.45) is -0.361. The molecule has 31 heavy (non-hydrogen) atoms. The molecular formula is C21H19Cl2N5O3. The van der Waals surface area contributed by atoms with E-state index in [0.717, 1.165) is 11.1 Å². The Balaban J connectivity index is 1.16. The fraction of sp³-hybridized carbons (Fsp3) is 0.333. The first-order valence-electron chi connectivity index (χ1n) is 9.93. The lowest BCUT2D eigenvalue weighted by molar-refractivity contribution is 0.0764. The van der Waals surface area contributed by atoms with Gasteiger partial charge in [0.05, 0.1) is 5.52 Å². The molecule has 2 fully saturated rings.